The van der Waals surface area contributed by atoms with E-state index in [1.807, 2.05) is 0 Å². The zero-order valence-corrected chi connectivity index (χ0v) is 62.5. The number of hydrogen-bond acceptors (Lipinski definition) is 3. The van der Waals surface area contributed by atoms with Crippen LogP contribution in [0.5, 0.6) is 0 Å². The van der Waals surface area contributed by atoms with Crippen LogP contribution in [-0.4, -0.2) is 11.1 Å². The minimum atomic E-state index is -0.237. The average molecular weight is 1410 g/mol. The molecule has 21 rings (SSSR count). The highest BCUT2D eigenvalue weighted by Gasteiger charge is 2.45. The first-order valence-electron chi connectivity index (χ1n) is 38.7. The number of hydrogen-bond donors (Lipinski definition) is 0. The van der Waals surface area contributed by atoms with E-state index in [1.165, 1.54) is 82.3 Å². The molecule has 5 heteroatoms. The van der Waals surface area contributed by atoms with E-state index in [0.29, 0.717) is 0 Å². The Bertz CT molecular complexity index is 6670. The third kappa shape index (κ3) is 10.7. The lowest BCUT2D eigenvalue weighted by atomic mass is 9.33. The summed E-state index contributed by atoms with van der Waals surface area (Å²) in [5.74, 6) is -0.116. The number of furan rings is 1. The molecule has 16 aromatic carbocycles. The second kappa shape index (κ2) is 25.2. The molecule has 2 aliphatic rings. The molecule has 0 spiro atoms. The molecule has 0 aliphatic carbocycles. The number of anilines is 6. The lowest BCUT2D eigenvalue weighted by Crippen LogP contribution is -2.61. The second-order valence-electron chi connectivity index (χ2n) is 32.4. The molecule has 0 amide bonds. The molecule has 110 heavy (non-hydrogen) atoms. The van der Waals surface area contributed by atoms with Gasteiger partial charge in [0.1, 0.15) is 11.2 Å². The van der Waals surface area contributed by atoms with E-state index < -0.39 is 0 Å². The van der Waals surface area contributed by atoms with Crippen LogP contribution in [0.25, 0.3) is 127 Å². The van der Waals surface area contributed by atoms with Crippen molar-refractivity contribution in [2.75, 3.05) is 9.80 Å². The van der Waals surface area contributed by atoms with Crippen molar-refractivity contribution in [3.63, 3.8) is 0 Å². The van der Waals surface area contributed by atoms with Crippen LogP contribution in [0.15, 0.2) is 362 Å². The molecule has 0 saturated carbocycles. The van der Waals surface area contributed by atoms with Crippen molar-refractivity contribution in [2.24, 2.45) is 0 Å². The maximum atomic E-state index is 6.53. The molecule has 0 bridgehead atoms. The number of aromatic nitrogens is 1. The van der Waals surface area contributed by atoms with Gasteiger partial charge in [0.15, 0.2) is 0 Å². The summed E-state index contributed by atoms with van der Waals surface area (Å²) in [5, 5.41) is 7.21. The van der Waals surface area contributed by atoms with Crippen LogP contribution in [0, 0.1) is 0 Å². The van der Waals surface area contributed by atoms with Gasteiger partial charge in [-0.1, -0.05) is 302 Å². The van der Waals surface area contributed by atoms with Gasteiger partial charge in [0.25, 0.3) is 6.71 Å². The first-order valence-corrected chi connectivity index (χ1v) is 38.7. The van der Waals surface area contributed by atoms with Crippen LogP contribution in [-0.2, 0) is 10.8 Å². The Morgan fingerprint density at radius 3 is 1.20 bits per heavy atom. The Hall–Kier alpha value is -13.2. The minimum absolute atomic E-state index is 0.0227. The third-order valence-electron chi connectivity index (χ3n) is 23.7. The average Bonchev–Trinajstić information content (AvgIpc) is 0.873. The summed E-state index contributed by atoms with van der Waals surface area (Å²) in [6.45, 7) is 13.6. The number of nitrogens with zero attached hydrogens (tertiary/aromatic N) is 3. The first-order chi connectivity index (χ1) is 53.8. The predicted octanol–water partition coefficient (Wildman–Crippen LogP) is 26.6. The molecule has 522 valence electrons. The van der Waals surface area contributed by atoms with E-state index in [9.17, 15) is 0 Å². The van der Waals surface area contributed by atoms with Crippen LogP contribution in [0.1, 0.15) is 75.3 Å². The first kappa shape index (κ1) is 65.1. The number of para-hydroxylation sites is 3. The van der Waals surface area contributed by atoms with E-state index in [0.717, 1.165) is 123 Å². The predicted molar refractivity (Wildman–Crippen MR) is 466 cm³/mol. The smallest absolute Gasteiger partial charge is 0.252 e. The number of fused-ring (bicyclic) bond motifs is 13. The fraction of sp³-hybridized carbons (Fsp3) is 0.0857. The summed E-state index contributed by atoms with van der Waals surface area (Å²) in [4.78, 5) is 5.31. The van der Waals surface area contributed by atoms with Gasteiger partial charge in [-0.15, -0.1) is 0 Å². The maximum absolute atomic E-state index is 6.53. The lowest BCUT2D eigenvalue weighted by Gasteiger charge is -2.45. The molecule has 4 nitrogen and oxygen atoms in total. The summed E-state index contributed by atoms with van der Waals surface area (Å²) in [7, 11) is 0. The Labute approximate surface area is 642 Å². The highest BCUT2D eigenvalue weighted by Crippen LogP contribution is 2.52. The van der Waals surface area contributed by atoms with E-state index in [2.05, 4.69) is 414 Å². The molecular weight excluding hydrogens is 1330 g/mol. The third-order valence-corrected chi connectivity index (χ3v) is 23.7. The quantitative estimate of drug-likeness (QED) is 0.0953. The van der Waals surface area contributed by atoms with E-state index >= 15 is 0 Å². The van der Waals surface area contributed by atoms with Gasteiger partial charge in [-0.3, -0.25) is 0 Å². The zero-order valence-electron chi connectivity index (χ0n) is 62.5. The molecule has 0 fully saturated rings. The van der Waals surface area contributed by atoms with Crippen molar-refractivity contribution in [3.05, 3.63) is 386 Å². The van der Waals surface area contributed by atoms with Gasteiger partial charge in [0.2, 0.25) is 0 Å². The van der Waals surface area contributed by atoms with Crippen LogP contribution < -0.4 is 26.2 Å². The van der Waals surface area contributed by atoms with Gasteiger partial charge in [-0.2, -0.15) is 0 Å². The Balaban J connectivity index is 0.892. The molecule has 5 heterocycles. The van der Waals surface area contributed by atoms with Crippen molar-refractivity contribution >= 4 is 117 Å². The zero-order chi connectivity index (χ0) is 73.7. The SMILES string of the molecule is CC(C)(C)c1ccc(C(c2ccc(C(C)(C)C)cc2)c2ccc3c(c2)N(c2cc(-c4ccccc4)cc(-c4ccccc4)c2)c2cc(-c4ccc5c(c4)c4cccc6c7ccccc7n5c64)cc4c2B3c2ccc(-c3ccc5oc6ccccc6c5c3)cc2N4c2cc(-c3ccccc3)cc(-c3ccccc3)c2)cc1. The number of rotatable bonds is 11. The topological polar surface area (TPSA) is 24.0 Å². The summed E-state index contributed by atoms with van der Waals surface area (Å²) in [5.41, 5.74) is 35.7. The van der Waals surface area contributed by atoms with Gasteiger partial charge in [-0.05, 0) is 219 Å². The highest BCUT2D eigenvalue weighted by molar-refractivity contribution is 7.00. The summed E-state index contributed by atoms with van der Waals surface area (Å²) in [6.07, 6.45) is 0. The van der Waals surface area contributed by atoms with Crippen LogP contribution in [0.3, 0.4) is 0 Å². The van der Waals surface area contributed by atoms with Crippen molar-refractivity contribution in [1.82, 2.24) is 4.40 Å². The van der Waals surface area contributed by atoms with Gasteiger partial charge in [-0.25, -0.2) is 0 Å². The highest BCUT2D eigenvalue weighted by atomic mass is 16.3. The summed E-state index contributed by atoms with van der Waals surface area (Å²) in [6, 6.07) is 136. The van der Waals surface area contributed by atoms with Crippen molar-refractivity contribution in [2.45, 2.75) is 58.3 Å². The van der Waals surface area contributed by atoms with Gasteiger partial charge in [0.05, 0.1) is 16.6 Å². The van der Waals surface area contributed by atoms with Gasteiger partial charge in [0, 0.05) is 72.4 Å². The Morgan fingerprint density at radius 2 is 0.655 bits per heavy atom. The maximum Gasteiger partial charge on any atom is 0.252 e. The van der Waals surface area contributed by atoms with Crippen LogP contribution in [0.4, 0.5) is 34.1 Å². The summed E-state index contributed by atoms with van der Waals surface area (Å²) < 4.78 is 9.03. The molecule has 0 unspecified atom stereocenters. The fourth-order valence-corrected chi connectivity index (χ4v) is 18.2. The van der Waals surface area contributed by atoms with Crippen LogP contribution >= 0.6 is 0 Å². The molecule has 0 N–H and O–H groups in total. The molecule has 0 atom stereocenters. The van der Waals surface area contributed by atoms with Gasteiger partial charge < -0.3 is 18.6 Å². The summed E-state index contributed by atoms with van der Waals surface area (Å²) >= 11 is 0. The molecular formula is C105H78BN3O. The van der Waals surface area contributed by atoms with Gasteiger partial charge >= 0.3 is 0 Å². The van der Waals surface area contributed by atoms with E-state index in [1.54, 1.807) is 0 Å². The molecule has 0 saturated heterocycles. The minimum Gasteiger partial charge on any atom is -0.456 e. The molecule has 0 radical (unpaired) electrons. The monoisotopic (exact) mass is 1410 g/mol. The molecule has 3 aromatic heterocycles. The van der Waals surface area contributed by atoms with Crippen molar-refractivity contribution in [3.8, 4) is 66.8 Å². The fourth-order valence-electron chi connectivity index (χ4n) is 18.2. The number of benzene rings is 16. The lowest BCUT2D eigenvalue weighted by molar-refractivity contribution is 0.589. The van der Waals surface area contributed by atoms with Crippen molar-refractivity contribution in [1.29, 1.82) is 0 Å². The molecule has 19 aromatic rings. The second-order valence-corrected chi connectivity index (χ2v) is 32.4. The molecule has 2 aliphatic heterocycles. The van der Waals surface area contributed by atoms with E-state index in [-0.39, 0.29) is 23.5 Å². The standard InChI is InChI=1S/C105H78BN3O/c1-104(2,3)81-46-38-70(39-47-81)101(71-40-48-82(49-41-71)105(4,5)6)75-43-51-92-96(63-75)108(84-58-78(68-28-15-9-16-29-68)55-79(59-84)69-30-17-10-18-31-69)98-65-80(73-44-52-94-89(60-73)88-35-23-34-87-85-32-19-21-36-93(85)109(94)103(87)88)64-97-102(98)106(92)91-50-42-74(72-45-53-100-90(61-72)86-33-20-22-37-99(86)110-100)62-95(91)107(97)83-56-76(66-24-11-7-12-25-66)54-77(57-83)67-26-13-8-14-27-67/h7-65,101H,1-6H3. The Kier molecular flexibility index (Phi) is 14.9. The normalized spacial score (nSPS) is 12.8. The van der Waals surface area contributed by atoms with Crippen LogP contribution in [0.2, 0.25) is 0 Å². The Morgan fingerprint density at radius 1 is 0.264 bits per heavy atom. The van der Waals surface area contributed by atoms with Crippen molar-refractivity contribution < 1.29 is 4.42 Å². The largest absolute Gasteiger partial charge is 0.456 e. The van der Waals surface area contributed by atoms with E-state index in [4.69, 9.17) is 4.42 Å².